The van der Waals surface area contributed by atoms with E-state index in [0.29, 0.717) is 22.3 Å². The van der Waals surface area contributed by atoms with Gasteiger partial charge in [-0.1, -0.05) is 24.3 Å². The Balaban J connectivity index is 1.44. The fraction of sp³-hybridized carbons (Fsp3) is 0. The number of nitrogens with zero attached hydrogens (tertiary/aromatic N) is 3. The highest BCUT2D eigenvalue weighted by atomic mass is 16.4. The monoisotopic (exact) mass is 400 g/mol. The molecule has 0 saturated carbocycles. The molecule has 3 N–H and O–H groups in total. The van der Waals surface area contributed by atoms with Crippen LogP contribution in [0.15, 0.2) is 82.3 Å². The van der Waals surface area contributed by atoms with Crippen LogP contribution >= 0.6 is 0 Å². The zero-order chi connectivity index (χ0) is 20.9. The Morgan fingerprint density at radius 2 is 1.70 bits per heavy atom. The first-order valence-electron chi connectivity index (χ1n) is 8.95. The fourth-order valence-corrected chi connectivity index (χ4v) is 2.70. The number of aromatic hydroxyl groups is 2. The highest BCUT2D eigenvalue weighted by molar-refractivity contribution is 5.95. The molecule has 1 amide bonds. The molecule has 0 radical (unpaired) electrons. The van der Waals surface area contributed by atoms with Gasteiger partial charge in [0.25, 0.3) is 11.8 Å². The molecular weight excluding hydrogens is 384 g/mol. The number of benzene rings is 3. The van der Waals surface area contributed by atoms with Crippen LogP contribution in [0, 0.1) is 0 Å². The molecule has 4 aromatic rings. The predicted octanol–water partition coefficient (Wildman–Crippen LogP) is 3.58. The SMILES string of the molecule is O=C(N/N=C/c1cccc(O)c1)c1ccc(-c2nnc(-c3ccccc3O)o2)cc1. The molecule has 148 valence electrons. The summed E-state index contributed by atoms with van der Waals surface area (Å²) in [5.74, 6) is 0.241. The van der Waals surface area contributed by atoms with Gasteiger partial charge < -0.3 is 14.6 Å². The maximum absolute atomic E-state index is 12.2. The Morgan fingerprint density at radius 3 is 2.47 bits per heavy atom. The number of phenols is 2. The number of nitrogens with one attached hydrogen (secondary N) is 1. The highest BCUT2D eigenvalue weighted by Gasteiger charge is 2.14. The summed E-state index contributed by atoms with van der Waals surface area (Å²) in [5.41, 5.74) is 4.55. The minimum absolute atomic E-state index is 0.0472. The van der Waals surface area contributed by atoms with Crippen LogP contribution in [0.25, 0.3) is 22.9 Å². The van der Waals surface area contributed by atoms with Crippen LogP contribution in [0.5, 0.6) is 11.5 Å². The molecule has 0 aliphatic carbocycles. The molecule has 8 heteroatoms. The lowest BCUT2D eigenvalue weighted by atomic mass is 10.1. The minimum Gasteiger partial charge on any atom is -0.508 e. The van der Waals surface area contributed by atoms with Crippen molar-refractivity contribution in [3.8, 4) is 34.4 Å². The van der Waals surface area contributed by atoms with Crippen molar-refractivity contribution < 1.29 is 19.4 Å². The molecule has 30 heavy (non-hydrogen) atoms. The van der Waals surface area contributed by atoms with Gasteiger partial charge in [-0.25, -0.2) is 5.43 Å². The first-order chi connectivity index (χ1) is 14.6. The number of aromatic nitrogens is 2. The van der Waals surface area contributed by atoms with Crippen molar-refractivity contribution in [1.29, 1.82) is 0 Å². The zero-order valence-corrected chi connectivity index (χ0v) is 15.6. The van der Waals surface area contributed by atoms with Crippen LogP contribution < -0.4 is 5.43 Å². The third-order valence-electron chi connectivity index (χ3n) is 4.20. The number of phenolic OH excluding ortho intramolecular Hbond substituents is 2. The van der Waals surface area contributed by atoms with E-state index in [1.165, 1.54) is 18.3 Å². The van der Waals surface area contributed by atoms with Gasteiger partial charge >= 0.3 is 0 Å². The summed E-state index contributed by atoms with van der Waals surface area (Å²) >= 11 is 0. The molecule has 0 atom stereocenters. The third kappa shape index (κ3) is 4.17. The lowest BCUT2D eigenvalue weighted by molar-refractivity contribution is 0.0955. The zero-order valence-electron chi connectivity index (χ0n) is 15.6. The molecule has 0 unspecified atom stereocenters. The average Bonchev–Trinajstić information content (AvgIpc) is 3.24. The third-order valence-corrected chi connectivity index (χ3v) is 4.20. The summed E-state index contributed by atoms with van der Waals surface area (Å²) in [4.78, 5) is 12.2. The van der Waals surface area contributed by atoms with Crippen LogP contribution in [0.1, 0.15) is 15.9 Å². The standard InChI is InChI=1S/C22H16N4O4/c27-17-5-3-4-14(12-17)13-23-24-20(29)15-8-10-16(11-9-15)21-25-26-22(30-21)18-6-1-2-7-19(18)28/h1-13,27-28H,(H,24,29)/b23-13+. The Hall–Kier alpha value is -4.46. The number of carbonyl (C=O) groups excluding carboxylic acids is 1. The van der Waals surface area contributed by atoms with E-state index in [0.717, 1.165) is 0 Å². The normalized spacial score (nSPS) is 10.9. The van der Waals surface area contributed by atoms with Gasteiger partial charge in [-0.2, -0.15) is 5.10 Å². The van der Waals surface area contributed by atoms with Gasteiger partial charge in [0.15, 0.2) is 0 Å². The van der Waals surface area contributed by atoms with E-state index in [1.54, 1.807) is 60.7 Å². The van der Waals surface area contributed by atoms with Crippen molar-refractivity contribution in [2.24, 2.45) is 5.10 Å². The van der Waals surface area contributed by atoms with Crippen molar-refractivity contribution >= 4 is 12.1 Å². The van der Waals surface area contributed by atoms with E-state index >= 15 is 0 Å². The van der Waals surface area contributed by atoms with Gasteiger partial charge in [-0.05, 0) is 54.1 Å². The lowest BCUT2D eigenvalue weighted by Gasteiger charge is -2.01. The smallest absolute Gasteiger partial charge is 0.271 e. The topological polar surface area (TPSA) is 121 Å². The van der Waals surface area contributed by atoms with E-state index in [1.807, 2.05) is 0 Å². The second-order valence-electron chi connectivity index (χ2n) is 6.30. The molecule has 0 saturated heterocycles. The first-order valence-corrected chi connectivity index (χ1v) is 8.95. The summed E-state index contributed by atoms with van der Waals surface area (Å²) in [5, 5.41) is 31.2. The molecule has 0 aliphatic rings. The molecule has 8 nitrogen and oxygen atoms in total. The Bertz CT molecular complexity index is 1220. The van der Waals surface area contributed by atoms with Gasteiger partial charge in [0.05, 0.1) is 11.8 Å². The Morgan fingerprint density at radius 1 is 0.933 bits per heavy atom. The predicted molar refractivity (Wildman–Crippen MR) is 110 cm³/mol. The van der Waals surface area contributed by atoms with Gasteiger partial charge in [0.2, 0.25) is 5.89 Å². The maximum Gasteiger partial charge on any atom is 0.271 e. The van der Waals surface area contributed by atoms with E-state index in [9.17, 15) is 15.0 Å². The molecule has 1 aromatic heterocycles. The molecule has 4 rings (SSSR count). The molecule has 3 aromatic carbocycles. The number of hydrogen-bond acceptors (Lipinski definition) is 7. The number of hydrazone groups is 1. The second-order valence-corrected chi connectivity index (χ2v) is 6.30. The molecule has 0 fully saturated rings. The van der Waals surface area contributed by atoms with Crippen molar-refractivity contribution in [3.05, 3.63) is 83.9 Å². The van der Waals surface area contributed by atoms with Crippen molar-refractivity contribution in [2.75, 3.05) is 0 Å². The average molecular weight is 400 g/mol. The van der Waals surface area contributed by atoms with Gasteiger partial charge in [-0.3, -0.25) is 4.79 Å². The molecule has 0 spiro atoms. The van der Waals surface area contributed by atoms with E-state index in [4.69, 9.17) is 4.42 Å². The Kier molecular flexibility index (Phi) is 5.21. The quantitative estimate of drug-likeness (QED) is 0.348. The van der Waals surface area contributed by atoms with Crippen LogP contribution in [0.4, 0.5) is 0 Å². The fourth-order valence-electron chi connectivity index (χ4n) is 2.70. The molecule has 0 aliphatic heterocycles. The van der Waals surface area contributed by atoms with Crippen molar-refractivity contribution in [1.82, 2.24) is 15.6 Å². The van der Waals surface area contributed by atoms with E-state index in [2.05, 4.69) is 20.7 Å². The van der Waals surface area contributed by atoms with E-state index < -0.39 is 5.91 Å². The lowest BCUT2D eigenvalue weighted by Crippen LogP contribution is -2.17. The Labute approximate surface area is 171 Å². The number of carbonyl (C=O) groups is 1. The van der Waals surface area contributed by atoms with Crippen molar-refractivity contribution in [2.45, 2.75) is 0 Å². The second kappa shape index (κ2) is 8.27. The van der Waals surface area contributed by atoms with Gasteiger partial charge in [-0.15, -0.1) is 10.2 Å². The highest BCUT2D eigenvalue weighted by Crippen LogP contribution is 2.29. The maximum atomic E-state index is 12.2. The van der Waals surface area contributed by atoms with Crippen molar-refractivity contribution in [3.63, 3.8) is 0 Å². The first kappa shape index (κ1) is 18.9. The number of amides is 1. The molecule has 0 bridgehead atoms. The van der Waals surface area contributed by atoms with Crippen LogP contribution in [-0.4, -0.2) is 32.5 Å². The number of hydrogen-bond donors (Lipinski definition) is 3. The summed E-state index contributed by atoms with van der Waals surface area (Å²) in [6, 6.07) is 19.8. The van der Waals surface area contributed by atoms with Gasteiger partial charge in [0, 0.05) is 11.1 Å². The van der Waals surface area contributed by atoms with Gasteiger partial charge in [0.1, 0.15) is 11.5 Å². The number of para-hydroxylation sites is 1. The summed E-state index contributed by atoms with van der Waals surface area (Å²) < 4.78 is 5.63. The van der Waals surface area contributed by atoms with Crippen LogP contribution in [0.3, 0.4) is 0 Å². The summed E-state index contributed by atoms with van der Waals surface area (Å²) in [7, 11) is 0. The molecule has 1 heterocycles. The largest absolute Gasteiger partial charge is 0.508 e. The van der Waals surface area contributed by atoms with Crippen LogP contribution in [-0.2, 0) is 0 Å². The minimum atomic E-state index is -0.390. The van der Waals surface area contributed by atoms with Crippen LogP contribution in [0.2, 0.25) is 0 Å². The number of rotatable bonds is 5. The summed E-state index contributed by atoms with van der Waals surface area (Å²) in [6.07, 6.45) is 1.44. The molecular formula is C22H16N4O4. The van der Waals surface area contributed by atoms with E-state index in [-0.39, 0.29) is 23.3 Å². The summed E-state index contributed by atoms with van der Waals surface area (Å²) in [6.45, 7) is 0.